The smallest absolute Gasteiger partial charge is 0.222 e. The maximum Gasteiger partial charge on any atom is 0.222 e. The van der Waals surface area contributed by atoms with Crippen LogP contribution in [-0.2, 0) is 14.3 Å². The van der Waals surface area contributed by atoms with E-state index in [1.54, 1.807) is 0 Å². The fourth-order valence-corrected chi connectivity index (χ4v) is 1.17. The van der Waals surface area contributed by atoms with Crippen LogP contribution in [-0.4, -0.2) is 38.9 Å². The molecule has 0 aliphatic heterocycles. The molecule has 0 unspecified atom stereocenters. The van der Waals surface area contributed by atoms with Crippen molar-refractivity contribution < 1.29 is 14.3 Å². The molecule has 0 saturated heterocycles. The monoisotopic (exact) mass is 231 g/mol. The zero-order valence-corrected chi connectivity index (χ0v) is 10.6. The van der Waals surface area contributed by atoms with Crippen molar-refractivity contribution in [1.82, 2.24) is 5.32 Å². The van der Waals surface area contributed by atoms with Crippen LogP contribution in [0.5, 0.6) is 0 Å². The molecule has 0 spiro atoms. The molecule has 1 amide bonds. The average Bonchev–Trinajstić information content (AvgIpc) is 2.30. The number of carbonyl (C=O) groups excluding carboxylic acids is 1. The third kappa shape index (κ3) is 11.5. The molecule has 1 N–H and O–H groups in total. The number of amides is 1. The first-order valence-electron chi connectivity index (χ1n) is 6.23. The van der Waals surface area contributed by atoms with Crippen molar-refractivity contribution in [3.8, 4) is 0 Å². The molecule has 0 bridgehead atoms. The zero-order valence-electron chi connectivity index (χ0n) is 10.6. The second kappa shape index (κ2) is 12.5. The fourth-order valence-electron chi connectivity index (χ4n) is 1.17. The first-order valence-corrected chi connectivity index (χ1v) is 6.23. The largest absolute Gasteiger partial charge is 0.382 e. The number of ether oxygens (including phenoxy) is 2. The summed E-state index contributed by atoms with van der Waals surface area (Å²) < 4.78 is 10.6. The SMILES string of the molecule is CCCNC(=O)CCOCCCCOCC. The van der Waals surface area contributed by atoms with E-state index in [-0.39, 0.29) is 5.91 Å². The van der Waals surface area contributed by atoms with Gasteiger partial charge in [0.2, 0.25) is 5.91 Å². The van der Waals surface area contributed by atoms with E-state index >= 15 is 0 Å². The highest BCUT2D eigenvalue weighted by Crippen LogP contribution is 1.92. The normalized spacial score (nSPS) is 10.4. The summed E-state index contributed by atoms with van der Waals surface area (Å²) in [7, 11) is 0. The van der Waals surface area contributed by atoms with E-state index in [0.29, 0.717) is 19.6 Å². The van der Waals surface area contributed by atoms with Crippen LogP contribution in [0.2, 0.25) is 0 Å². The van der Waals surface area contributed by atoms with Crippen molar-refractivity contribution in [3.05, 3.63) is 0 Å². The van der Waals surface area contributed by atoms with Gasteiger partial charge in [0.1, 0.15) is 0 Å². The maximum atomic E-state index is 11.2. The summed E-state index contributed by atoms with van der Waals surface area (Å²) in [5.41, 5.74) is 0. The molecule has 96 valence electrons. The summed E-state index contributed by atoms with van der Waals surface area (Å²) in [5, 5.41) is 2.81. The lowest BCUT2D eigenvalue weighted by Gasteiger charge is -2.05. The molecule has 4 nitrogen and oxygen atoms in total. The van der Waals surface area contributed by atoms with Crippen molar-refractivity contribution >= 4 is 5.91 Å². The van der Waals surface area contributed by atoms with Gasteiger partial charge in [0.05, 0.1) is 6.61 Å². The van der Waals surface area contributed by atoms with E-state index in [1.807, 2.05) is 13.8 Å². The van der Waals surface area contributed by atoms with Crippen LogP contribution in [0.4, 0.5) is 0 Å². The van der Waals surface area contributed by atoms with Gasteiger partial charge >= 0.3 is 0 Å². The topological polar surface area (TPSA) is 47.6 Å². The molecular weight excluding hydrogens is 206 g/mol. The minimum absolute atomic E-state index is 0.0798. The molecule has 0 aliphatic carbocycles. The Balaban J connectivity index is 3.05. The number of carbonyl (C=O) groups is 1. The van der Waals surface area contributed by atoms with Gasteiger partial charge in [-0.05, 0) is 26.2 Å². The lowest BCUT2D eigenvalue weighted by atomic mass is 10.3. The third-order valence-corrected chi connectivity index (χ3v) is 2.08. The zero-order chi connectivity index (χ0) is 12.1. The molecule has 0 rings (SSSR count). The van der Waals surface area contributed by atoms with Crippen LogP contribution >= 0.6 is 0 Å². The minimum atomic E-state index is 0.0798. The van der Waals surface area contributed by atoms with E-state index in [4.69, 9.17) is 9.47 Å². The summed E-state index contributed by atoms with van der Waals surface area (Å²) in [6, 6.07) is 0. The Morgan fingerprint density at radius 2 is 1.75 bits per heavy atom. The highest BCUT2D eigenvalue weighted by Gasteiger charge is 1.99. The average molecular weight is 231 g/mol. The molecular formula is C12H25NO3. The van der Waals surface area contributed by atoms with Gasteiger partial charge in [0.15, 0.2) is 0 Å². The summed E-state index contributed by atoms with van der Waals surface area (Å²) in [6.45, 7) is 7.60. The van der Waals surface area contributed by atoms with E-state index in [9.17, 15) is 4.79 Å². The Morgan fingerprint density at radius 3 is 2.38 bits per heavy atom. The van der Waals surface area contributed by atoms with Crippen LogP contribution in [0.3, 0.4) is 0 Å². The van der Waals surface area contributed by atoms with Crippen LogP contribution in [0.15, 0.2) is 0 Å². The Kier molecular flexibility index (Phi) is 12.0. The number of hydrogen-bond donors (Lipinski definition) is 1. The third-order valence-electron chi connectivity index (χ3n) is 2.08. The van der Waals surface area contributed by atoms with Crippen LogP contribution in [0, 0.1) is 0 Å². The molecule has 0 aliphatic rings. The van der Waals surface area contributed by atoms with Crippen molar-refractivity contribution in [3.63, 3.8) is 0 Å². The van der Waals surface area contributed by atoms with Gasteiger partial charge < -0.3 is 14.8 Å². The van der Waals surface area contributed by atoms with Crippen LogP contribution in [0.25, 0.3) is 0 Å². The minimum Gasteiger partial charge on any atom is -0.382 e. The van der Waals surface area contributed by atoms with Crippen LogP contribution in [0.1, 0.15) is 39.5 Å². The summed E-state index contributed by atoms with van der Waals surface area (Å²) in [4.78, 5) is 11.2. The highest BCUT2D eigenvalue weighted by molar-refractivity contribution is 5.75. The number of nitrogens with one attached hydrogen (secondary N) is 1. The number of rotatable bonds is 11. The summed E-state index contributed by atoms with van der Waals surface area (Å²) in [6.07, 6.45) is 3.46. The number of hydrogen-bond acceptors (Lipinski definition) is 3. The first-order chi connectivity index (χ1) is 7.81. The predicted molar refractivity (Wildman–Crippen MR) is 64.5 cm³/mol. The molecule has 0 aromatic rings. The van der Waals surface area contributed by atoms with Crippen LogP contribution < -0.4 is 5.32 Å². The van der Waals surface area contributed by atoms with Gasteiger partial charge in [-0.25, -0.2) is 0 Å². The molecule has 0 radical (unpaired) electrons. The summed E-state index contributed by atoms with van der Waals surface area (Å²) >= 11 is 0. The van der Waals surface area contributed by atoms with Crippen molar-refractivity contribution in [1.29, 1.82) is 0 Å². The van der Waals surface area contributed by atoms with E-state index in [0.717, 1.165) is 39.0 Å². The van der Waals surface area contributed by atoms with Gasteiger partial charge in [0.25, 0.3) is 0 Å². The predicted octanol–water partition coefficient (Wildman–Crippen LogP) is 1.74. The molecule has 4 heteroatoms. The van der Waals surface area contributed by atoms with Crippen molar-refractivity contribution in [2.45, 2.75) is 39.5 Å². The molecule has 16 heavy (non-hydrogen) atoms. The van der Waals surface area contributed by atoms with Gasteiger partial charge in [-0.15, -0.1) is 0 Å². The molecule has 0 heterocycles. The molecule has 0 aromatic heterocycles. The lowest BCUT2D eigenvalue weighted by molar-refractivity contribution is -0.122. The number of unbranched alkanes of at least 4 members (excludes halogenated alkanes) is 1. The standard InChI is InChI=1S/C12H25NO3/c1-3-8-13-12(14)7-11-16-10-6-5-9-15-4-2/h3-11H2,1-2H3,(H,13,14). The second-order valence-corrected chi connectivity index (χ2v) is 3.62. The molecule has 0 atom stereocenters. The maximum absolute atomic E-state index is 11.2. The second-order valence-electron chi connectivity index (χ2n) is 3.62. The molecule has 0 fully saturated rings. The lowest BCUT2D eigenvalue weighted by Crippen LogP contribution is -2.25. The van der Waals surface area contributed by atoms with E-state index in [2.05, 4.69) is 5.32 Å². The van der Waals surface area contributed by atoms with E-state index in [1.165, 1.54) is 0 Å². The molecule has 0 saturated carbocycles. The van der Waals surface area contributed by atoms with Gasteiger partial charge in [-0.1, -0.05) is 6.92 Å². The fraction of sp³-hybridized carbons (Fsp3) is 0.917. The van der Waals surface area contributed by atoms with Gasteiger partial charge in [-0.2, -0.15) is 0 Å². The quantitative estimate of drug-likeness (QED) is 0.551. The Bertz CT molecular complexity index is 162. The Hall–Kier alpha value is -0.610. The molecule has 0 aromatic carbocycles. The first kappa shape index (κ1) is 15.4. The van der Waals surface area contributed by atoms with Gasteiger partial charge in [0, 0.05) is 32.8 Å². The van der Waals surface area contributed by atoms with E-state index < -0.39 is 0 Å². The van der Waals surface area contributed by atoms with Crippen molar-refractivity contribution in [2.24, 2.45) is 0 Å². The summed E-state index contributed by atoms with van der Waals surface area (Å²) in [5.74, 6) is 0.0798. The highest BCUT2D eigenvalue weighted by atomic mass is 16.5. The van der Waals surface area contributed by atoms with Crippen molar-refractivity contribution in [2.75, 3.05) is 33.0 Å². The Labute approximate surface area is 98.7 Å². The Morgan fingerprint density at radius 1 is 1.06 bits per heavy atom. The van der Waals surface area contributed by atoms with Gasteiger partial charge in [-0.3, -0.25) is 4.79 Å².